The van der Waals surface area contributed by atoms with Crippen LogP contribution in [0.2, 0.25) is 0 Å². The molecule has 0 fully saturated rings. The average Bonchev–Trinajstić information content (AvgIpc) is 2.53. The monoisotopic (exact) mass is 291 g/mol. The highest BCUT2D eigenvalue weighted by atomic mass is 15.1. The maximum Gasteiger partial charge on any atom is 0.0366 e. The zero-order valence-corrected chi connectivity index (χ0v) is 14.4. The molecule has 21 heavy (non-hydrogen) atoms. The van der Waals surface area contributed by atoms with Crippen molar-refractivity contribution in [1.82, 2.24) is 10.2 Å². The molecule has 0 atom stereocenters. The number of rotatable bonds is 11. The average molecular weight is 291 g/mol. The summed E-state index contributed by atoms with van der Waals surface area (Å²) in [5.41, 5.74) is 2.69. The molecule has 1 rings (SSSR count). The third-order valence-corrected chi connectivity index (χ3v) is 3.99. The van der Waals surface area contributed by atoms with Gasteiger partial charge in [0.25, 0.3) is 0 Å². The molecule has 1 aromatic carbocycles. The molecule has 0 amide bonds. The Morgan fingerprint density at radius 2 is 1.52 bits per heavy atom. The van der Waals surface area contributed by atoms with Gasteiger partial charge in [-0.05, 0) is 51.1 Å². The van der Waals surface area contributed by atoms with Gasteiger partial charge in [0.1, 0.15) is 0 Å². The summed E-state index contributed by atoms with van der Waals surface area (Å²) in [7, 11) is 0. The first-order chi connectivity index (χ1) is 10.2. The minimum atomic E-state index is 0.961. The molecule has 1 N–H and O–H groups in total. The van der Waals surface area contributed by atoms with E-state index in [9.17, 15) is 0 Å². The quantitative estimate of drug-likeness (QED) is 0.631. The SMILES string of the molecule is CCCN(CC)CCNCc1ccc(N(CC)CC)cc1. The van der Waals surface area contributed by atoms with E-state index in [0.29, 0.717) is 0 Å². The van der Waals surface area contributed by atoms with Gasteiger partial charge in [-0.1, -0.05) is 26.0 Å². The van der Waals surface area contributed by atoms with Gasteiger partial charge in [-0.15, -0.1) is 0 Å². The molecule has 0 bridgehead atoms. The molecule has 0 aliphatic heterocycles. The van der Waals surface area contributed by atoms with Crippen molar-refractivity contribution in [3.05, 3.63) is 29.8 Å². The van der Waals surface area contributed by atoms with Gasteiger partial charge in [0.15, 0.2) is 0 Å². The molecule has 0 heterocycles. The van der Waals surface area contributed by atoms with Crippen LogP contribution >= 0.6 is 0 Å². The Morgan fingerprint density at radius 3 is 2.05 bits per heavy atom. The van der Waals surface area contributed by atoms with Crippen molar-refractivity contribution in [2.45, 2.75) is 40.7 Å². The maximum absolute atomic E-state index is 3.55. The molecule has 3 nitrogen and oxygen atoms in total. The fraction of sp³-hybridized carbons (Fsp3) is 0.667. The molecule has 0 saturated heterocycles. The highest BCUT2D eigenvalue weighted by Gasteiger charge is 2.02. The fourth-order valence-corrected chi connectivity index (χ4v) is 2.63. The minimum absolute atomic E-state index is 0.961. The standard InChI is InChI=1S/C18H33N3/c1-5-14-20(6-2)15-13-19-16-17-9-11-18(12-10-17)21(7-3)8-4/h9-12,19H,5-8,13-16H2,1-4H3. The van der Waals surface area contributed by atoms with Crippen LogP contribution in [0.5, 0.6) is 0 Å². The van der Waals surface area contributed by atoms with E-state index in [0.717, 1.165) is 39.3 Å². The van der Waals surface area contributed by atoms with Crippen molar-refractivity contribution < 1.29 is 0 Å². The number of nitrogens with one attached hydrogen (secondary N) is 1. The number of benzene rings is 1. The van der Waals surface area contributed by atoms with Crippen LogP contribution < -0.4 is 10.2 Å². The predicted octanol–water partition coefficient (Wildman–Crippen LogP) is 3.35. The van der Waals surface area contributed by atoms with Crippen molar-refractivity contribution in [2.75, 3.05) is 44.2 Å². The van der Waals surface area contributed by atoms with Crippen LogP contribution in [-0.2, 0) is 6.54 Å². The van der Waals surface area contributed by atoms with Gasteiger partial charge in [0, 0.05) is 38.4 Å². The lowest BCUT2D eigenvalue weighted by atomic mass is 10.2. The second-order valence-electron chi connectivity index (χ2n) is 5.45. The smallest absolute Gasteiger partial charge is 0.0366 e. The number of hydrogen-bond acceptors (Lipinski definition) is 3. The Hall–Kier alpha value is -1.06. The molecule has 0 unspecified atom stereocenters. The summed E-state index contributed by atoms with van der Waals surface area (Å²) in [5, 5.41) is 3.55. The van der Waals surface area contributed by atoms with Gasteiger partial charge in [-0.3, -0.25) is 0 Å². The van der Waals surface area contributed by atoms with E-state index < -0.39 is 0 Å². The molecule has 0 saturated carbocycles. The first kappa shape index (κ1) is 18.0. The highest BCUT2D eigenvalue weighted by Crippen LogP contribution is 2.14. The van der Waals surface area contributed by atoms with E-state index in [2.05, 4.69) is 67.1 Å². The van der Waals surface area contributed by atoms with Crippen molar-refractivity contribution >= 4 is 5.69 Å². The third kappa shape index (κ3) is 6.49. The molecule has 0 aromatic heterocycles. The fourth-order valence-electron chi connectivity index (χ4n) is 2.63. The summed E-state index contributed by atoms with van der Waals surface area (Å²) in [6.07, 6.45) is 1.24. The first-order valence-electron chi connectivity index (χ1n) is 8.52. The van der Waals surface area contributed by atoms with E-state index in [1.54, 1.807) is 0 Å². The van der Waals surface area contributed by atoms with Crippen molar-refractivity contribution in [2.24, 2.45) is 0 Å². The van der Waals surface area contributed by atoms with E-state index in [1.165, 1.54) is 24.2 Å². The van der Waals surface area contributed by atoms with Crippen molar-refractivity contribution in [1.29, 1.82) is 0 Å². The number of anilines is 1. The Kier molecular flexibility index (Phi) is 9.11. The van der Waals surface area contributed by atoms with E-state index in [1.807, 2.05) is 0 Å². The Balaban J connectivity index is 2.32. The summed E-state index contributed by atoms with van der Waals surface area (Å²) < 4.78 is 0. The first-order valence-corrected chi connectivity index (χ1v) is 8.52. The summed E-state index contributed by atoms with van der Waals surface area (Å²) in [6, 6.07) is 8.95. The maximum atomic E-state index is 3.55. The Bertz CT molecular complexity index is 357. The van der Waals surface area contributed by atoms with Gasteiger partial charge in [-0.2, -0.15) is 0 Å². The normalized spacial score (nSPS) is 11.1. The molecular formula is C18H33N3. The van der Waals surface area contributed by atoms with Crippen LogP contribution in [0.1, 0.15) is 39.7 Å². The van der Waals surface area contributed by atoms with Gasteiger partial charge in [-0.25, -0.2) is 0 Å². The molecular weight excluding hydrogens is 258 g/mol. The molecule has 1 aromatic rings. The number of nitrogens with zero attached hydrogens (tertiary/aromatic N) is 2. The van der Waals surface area contributed by atoms with Crippen LogP contribution in [0.4, 0.5) is 5.69 Å². The summed E-state index contributed by atoms with van der Waals surface area (Å²) in [4.78, 5) is 4.87. The van der Waals surface area contributed by atoms with Crippen molar-refractivity contribution in [3.8, 4) is 0 Å². The zero-order chi connectivity index (χ0) is 15.5. The van der Waals surface area contributed by atoms with Gasteiger partial charge in [0.2, 0.25) is 0 Å². The molecule has 0 aliphatic carbocycles. The highest BCUT2D eigenvalue weighted by molar-refractivity contribution is 5.47. The summed E-state index contributed by atoms with van der Waals surface area (Å²) in [5.74, 6) is 0. The lowest BCUT2D eigenvalue weighted by molar-refractivity contribution is 0.287. The van der Waals surface area contributed by atoms with Gasteiger partial charge < -0.3 is 15.1 Å². The van der Waals surface area contributed by atoms with Gasteiger partial charge in [0.05, 0.1) is 0 Å². The zero-order valence-electron chi connectivity index (χ0n) is 14.4. The Morgan fingerprint density at radius 1 is 0.857 bits per heavy atom. The van der Waals surface area contributed by atoms with E-state index in [4.69, 9.17) is 0 Å². The predicted molar refractivity (Wildman–Crippen MR) is 94.1 cm³/mol. The lowest BCUT2D eigenvalue weighted by Gasteiger charge is -2.21. The van der Waals surface area contributed by atoms with Crippen LogP contribution in [0.3, 0.4) is 0 Å². The number of likely N-dealkylation sites (N-methyl/N-ethyl adjacent to an activating group) is 1. The molecule has 0 spiro atoms. The molecule has 3 heteroatoms. The minimum Gasteiger partial charge on any atom is -0.372 e. The molecule has 0 aliphatic rings. The van der Waals surface area contributed by atoms with E-state index >= 15 is 0 Å². The van der Waals surface area contributed by atoms with Crippen molar-refractivity contribution in [3.63, 3.8) is 0 Å². The topological polar surface area (TPSA) is 18.5 Å². The van der Waals surface area contributed by atoms with Crippen LogP contribution in [0.15, 0.2) is 24.3 Å². The largest absolute Gasteiger partial charge is 0.372 e. The van der Waals surface area contributed by atoms with E-state index in [-0.39, 0.29) is 0 Å². The second kappa shape index (κ2) is 10.6. The number of hydrogen-bond donors (Lipinski definition) is 1. The second-order valence-corrected chi connectivity index (χ2v) is 5.45. The lowest BCUT2D eigenvalue weighted by Crippen LogP contribution is -2.32. The van der Waals surface area contributed by atoms with Crippen LogP contribution in [0.25, 0.3) is 0 Å². The van der Waals surface area contributed by atoms with Gasteiger partial charge >= 0.3 is 0 Å². The van der Waals surface area contributed by atoms with Crippen LogP contribution in [-0.4, -0.2) is 44.2 Å². The summed E-state index contributed by atoms with van der Waals surface area (Å²) in [6.45, 7) is 16.5. The third-order valence-electron chi connectivity index (χ3n) is 3.99. The molecule has 120 valence electrons. The molecule has 0 radical (unpaired) electrons. The van der Waals surface area contributed by atoms with Crippen LogP contribution in [0, 0.1) is 0 Å². The summed E-state index contributed by atoms with van der Waals surface area (Å²) >= 11 is 0. The Labute approximate surface area is 131 Å².